The highest BCUT2D eigenvalue weighted by atomic mass is 32.2. The van der Waals surface area contributed by atoms with Crippen molar-refractivity contribution < 1.29 is 5.11 Å². The highest BCUT2D eigenvalue weighted by molar-refractivity contribution is 7.98. The molecule has 2 rings (SSSR count). The molecule has 2 atom stereocenters. The summed E-state index contributed by atoms with van der Waals surface area (Å²) in [7, 11) is 0. The molecule has 0 fully saturated rings. The van der Waals surface area contributed by atoms with Gasteiger partial charge in [-0.05, 0) is 35.6 Å². The second kappa shape index (κ2) is 6.70. The highest BCUT2D eigenvalue weighted by Gasteiger charge is 2.23. The third kappa shape index (κ3) is 3.15. The van der Waals surface area contributed by atoms with Crippen molar-refractivity contribution in [2.75, 3.05) is 12.8 Å². The maximum absolute atomic E-state index is 10.6. The summed E-state index contributed by atoms with van der Waals surface area (Å²) in [5.74, 6) is -0.115. The molecular weight excluding hydrogens is 256 g/mol. The lowest BCUT2D eigenvalue weighted by molar-refractivity contribution is 0.144. The van der Waals surface area contributed by atoms with Crippen molar-refractivity contribution in [1.29, 1.82) is 0 Å². The summed E-state index contributed by atoms with van der Waals surface area (Å²) in [4.78, 5) is 5.09. The van der Waals surface area contributed by atoms with Gasteiger partial charge < -0.3 is 10.8 Å². The van der Waals surface area contributed by atoms with Gasteiger partial charge in [0.2, 0.25) is 0 Å². The van der Waals surface area contributed by atoms with E-state index in [-0.39, 0.29) is 5.92 Å². The van der Waals surface area contributed by atoms with Crippen LogP contribution < -0.4 is 5.73 Å². The van der Waals surface area contributed by atoms with Gasteiger partial charge in [-0.3, -0.25) is 4.98 Å². The summed E-state index contributed by atoms with van der Waals surface area (Å²) in [5.41, 5.74) is 7.79. The van der Waals surface area contributed by atoms with Crippen LogP contribution in [0.1, 0.15) is 23.1 Å². The molecule has 3 N–H and O–H groups in total. The Bertz CT molecular complexity index is 519. The molecule has 0 radical (unpaired) electrons. The second-order valence-electron chi connectivity index (χ2n) is 4.31. The molecule has 100 valence electrons. The van der Waals surface area contributed by atoms with E-state index in [9.17, 15) is 5.11 Å². The van der Waals surface area contributed by atoms with Gasteiger partial charge >= 0.3 is 0 Å². The third-order valence-corrected chi connectivity index (χ3v) is 4.04. The number of hydrogen-bond acceptors (Lipinski definition) is 4. The van der Waals surface area contributed by atoms with Crippen LogP contribution in [0.2, 0.25) is 0 Å². The molecule has 1 heterocycles. The van der Waals surface area contributed by atoms with E-state index in [4.69, 9.17) is 5.73 Å². The Morgan fingerprint density at radius 1 is 1.21 bits per heavy atom. The van der Waals surface area contributed by atoms with Gasteiger partial charge in [-0.25, -0.2) is 0 Å². The zero-order valence-corrected chi connectivity index (χ0v) is 11.7. The van der Waals surface area contributed by atoms with Gasteiger partial charge in [0.25, 0.3) is 0 Å². The van der Waals surface area contributed by atoms with E-state index >= 15 is 0 Å². The van der Waals surface area contributed by atoms with E-state index < -0.39 is 6.10 Å². The van der Waals surface area contributed by atoms with Crippen molar-refractivity contribution in [2.45, 2.75) is 16.9 Å². The summed E-state index contributed by atoms with van der Waals surface area (Å²) >= 11 is 1.63. The third-order valence-electron chi connectivity index (χ3n) is 3.23. The molecule has 0 spiro atoms. The zero-order chi connectivity index (χ0) is 13.7. The van der Waals surface area contributed by atoms with E-state index in [2.05, 4.69) is 4.98 Å². The molecule has 1 aromatic heterocycles. The average molecular weight is 274 g/mol. The molecule has 0 aliphatic rings. The van der Waals surface area contributed by atoms with Gasteiger partial charge in [-0.2, -0.15) is 0 Å². The molecule has 1 aromatic carbocycles. The number of nitrogens with zero attached hydrogens (tertiary/aromatic N) is 1. The van der Waals surface area contributed by atoms with Crippen LogP contribution in [0.15, 0.2) is 53.7 Å². The number of hydrogen-bond donors (Lipinski definition) is 2. The van der Waals surface area contributed by atoms with Gasteiger partial charge in [0.1, 0.15) is 0 Å². The first kappa shape index (κ1) is 14.1. The molecular formula is C15H18N2OS. The van der Waals surface area contributed by atoms with Crippen LogP contribution in [-0.4, -0.2) is 22.9 Å². The number of aliphatic hydroxyl groups is 1. The van der Waals surface area contributed by atoms with Gasteiger partial charge in [0.15, 0.2) is 0 Å². The fourth-order valence-electron chi connectivity index (χ4n) is 2.19. The Hall–Kier alpha value is -1.36. The number of nitrogens with two attached hydrogens (primary N) is 1. The number of pyridine rings is 1. The molecule has 0 saturated carbocycles. The number of aromatic nitrogens is 1. The minimum atomic E-state index is -0.601. The smallest absolute Gasteiger partial charge is 0.0881 e. The molecule has 2 aromatic rings. The number of thioether (sulfide) groups is 1. The van der Waals surface area contributed by atoms with Crippen molar-refractivity contribution in [3.63, 3.8) is 0 Å². The van der Waals surface area contributed by atoms with Crippen LogP contribution in [0.25, 0.3) is 0 Å². The summed E-state index contributed by atoms with van der Waals surface area (Å²) in [6.45, 7) is 0.397. The topological polar surface area (TPSA) is 59.1 Å². The number of rotatable bonds is 5. The van der Waals surface area contributed by atoms with E-state index in [1.807, 2.05) is 42.7 Å². The molecule has 0 aliphatic heterocycles. The minimum Gasteiger partial charge on any atom is -0.388 e. The van der Waals surface area contributed by atoms with Crippen molar-refractivity contribution >= 4 is 11.8 Å². The highest BCUT2D eigenvalue weighted by Crippen LogP contribution is 2.34. The Morgan fingerprint density at radius 3 is 2.53 bits per heavy atom. The fourth-order valence-corrected chi connectivity index (χ4v) is 2.82. The summed E-state index contributed by atoms with van der Waals surface area (Å²) in [6, 6.07) is 11.7. The maximum Gasteiger partial charge on any atom is 0.0881 e. The van der Waals surface area contributed by atoms with Crippen molar-refractivity contribution in [2.24, 2.45) is 5.73 Å². The number of benzene rings is 1. The Morgan fingerprint density at radius 2 is 1.89 bits per heavy atom. The standard InChI is InChI=1S/C15H18N2OS/c1-19-14-5-3-2-4-12(14)15(18)13(10-16)11-6-8-17-9-7-11/h2-9,13,15,18H,10,16H2,1H3. The number of aliphatic hydroxyl groups excluding tert-OH is 1. The zero-order valence-electron chi connectivity index (χ0n) is 10.9. The molecule has 0 amide bonds. The molecule has 4 heteroatoms. The van der Waals surface area contributed by atoms with Crippen molar-refractivity contribution in [3.05, 3.63) is 59.9 Å². The first-order valence-corrected chi connectivity index (χ1v) is 7.41. The fraction of sp³-hybridized carbons (Fsp3) is 0.267. The van der Waals surface area contributed by atoms with E-state index in [0.717, 1.165) is 16.0 Å². The predicted octanol–water partition coefficient (Wildman–Crippen LogP) is 2.58. The van der Waals surface area contributed by atoms with Crippen molar-refractivity contribution in [3.8, 4) is 0 Å². The first-order valence-electron chi connectivity index (χ1n) is 6.19. The van der Waals surface area contributed by atoms with Gasteiger partial charge in [0, 0.05) is 29.8 Å². The van der Waals surface area contributed by atoms with E-state index in [1.165, 1.54) is 0 Å². The molecule has 2 unspecified atom stereocenters. The molecule has 19 heavy (non-hydrogen) atoms. The van der Waals surface area contributed by atoms with Crippen LogP contribution in [0.3, 0.4) is 0 Å². The van der Waals surface area contributed by atoms with Crippen LogP contribution in [0, 0.1) is 0 Å². The lowest BCUT2D eigenvalue weighted by Crippen LogP contribution is -2.20. The van der Waals surface area contributed by atoms with E-state index in [0.29, 0.717) is 6.54 Å². The molecule has 3 nitrogen and oxygen atoms in total. The first-order chi connectivity index (χ1) is 9.27. The van der Waals surface area contributed by atoms with Crippen molar-refractivity contribution in [1.82, 2.24) is 4.98 Å². The molecule has 0 bridgehead atoms. The maximum atomic E-state index is 10.6. The van der Waals surface area contributed by atoms with Crippen LogP contribution >= 0.6 is 11.8 Å². The Labute approximate surface area is 117 Å². The van der Waals surface area contributed by atoms with Crippen LogP contribution in [0.4, 0.5) is 0 Å². The summed E-state index contributed by atoms with van der Waals surface area (Å²) < 4.78 is 0. The normalized spacial score (nSPS) is 14.1. The minimum absolute atomic E-state index is 0.115. The SMILES string of the molecule is CSc1ccccc1C(O)C(CN)c1ccncc1. The molecule has 0 aliphatic carbocycles. The Balaban J connectivity index is 2.33. The average Bonchev–Trinajstić information content (AvgIpc) is 2.49. The summed E-state index contributed by atoms with van der Waals surface area (Å²) in [6.07, 6.45) is 4.86. The lowest BCUT2D eigenvalue weighted by Gasteiger charge is -2.23. The monoisotopic (exact) mass is 274 g/mol. The quantitative estimate of drug-likeness (QED) is 0.823. The van der Waals surface area contributed by atoms with Gasteiger partial charge in [0.05, 0.1) is 6.10 Å². The largest absolute Gasteiger partial charge is 0.388 e. The lowest BCUT2D eigenvalue weighted by atomic mass is 9.90. The Kier molecular flexibility index (Phi) is 4.96. The summed E-state index contributed by atoms with van der Waals surface area (Å²) in [5, 5.41) is 10.6. The van der Waals surface area contributed by atoms with Gasteiger partial charge in [-0.1, -0.05) is 18.2 Å². The second-order valence-corrected chi connectivity index (χ2v) is 5.16. The predicted molar refractivity (Wildman–Crippen MR) is 79.2 cm³/mol. The van der Waals surface area contributed by atoms with Gasteiger partial charge in [-0.15, -0.1) is 11.8 Å². The van der Waals surface area contributed by atoms with Crippen LogP contribution in [0.5, 0.6) is 0 Å². The van der Waals surface area contributed by atoms with Crippen LogP contribution in [-0.2, 0) is 0 Å². The van der Waals surface area contributed by atoms with E-state index in [1.54, 1.807) is 24.2 Å². The molecule has 0 saturated heterocycles.